The number of carbonyl (C=O) groups excluding carboxylic acids is 2. The van der Waals surface area contributed by atoms with Gasteiger partial charge in [0.1, 0.15) is 11.0 Å². The average molecular weight is 419 g/mol. The zero-order valence-corrected chi connectivity index (χ0v) is 19.2. The van der Waals surface area contributed by atoms with E-state index in [1.807, 2.05) is 19.1 Å². The molecule has 1 amide bonds. The smallest absolute Gasteiger partial charge is 0.339 e. The maximum absolute atomic E-state index is 12.8. The molecule has 4 atom stereocenters. The van der Waals surface area contributed by atoms with Gasteiger partial charge in [-0.05, 0) is 49.7 Å². The maximum Gasteiger partial charge on any atom is 0.339 e. The minimum Gasteiger partial charge on any atom is -0.414 e. The summed E-state index contributed by atoms with van der Waals surface area (Å²) in [6, 6.07) is 6.86. The molecule has 1 aromatic heterocycles. The standard InChI is InChI=1S/C20H30N4O4Si/c1-12(18(26)27-24-14-11-9-8-10-13(14)22-23-24)16-15(17(25)21-16)20(5,19(2,3)4)28-29(6)7/h8-12,15-16,29H,1-7H3,(H,21,25)/t12-,15-,16-,20-/m1/s1. The van der Waals surface area contributed by atoms with E-state index >= 15 is 0 Å². The van der Waals surface area contributed by atoms with Crippen LogP contribution in [0.5, 0.6) is 0 Å². The van der Waals surface area contributed by atoms with Gasteiger partial charge in [0.15, 0.2) is 9.04 Å². The van der Waals surface area contributed by atoms with E-state index in [2.05, 4.69) is 49.5 Å². The van der Waals surface area contributed by atoms with E-state index in [0.717, 1.165) is 4.85 Å². The number of carbonyl (C=O) groups is 2. The highest BCUT2D eigenvalue weighted by Crippen LogP contribution is 2.46. The molecule has 0 saturated carbocycles. The minimum atomic E-state index is -1.44. The number of rotatable bonds is 6. The van der Waals surface area contributed by atoms with Crippen molar-refractivity contribution in [2.24, 2.45) is 17.3 Å². The molecule has 0 aliphatic carbocycles. The van der Waals surface area contributed by atoms with E-state index in [1.165, 1.54) is 0 Å². The molecule has 3 rings (SSSR count). The second-order valence-electron chi connectivity index (χ2n) is 9.19. The topological polar surface area (TPSA) is 95.3 Å². The number of amides is 1. The van der Waals surface area contributed by atoms with Gasteiger partial charge in [0.2, 0.25) is 5.91 Å². The summed E-state index contributed by atoms with van der Waals surface area (Å²) >= 11 is 0. The fourth-order valence-electron chi connectivity index (χ4n) is 3.85. The van der Waals surface area contributed by atoms with Gasteiger partial charge in [-0.2, -0.15) is 0 Å². The summed E-state index contributed by atoms with van der Waals surface area (Å²) in [7, 11) is -1.44. The van der Waals surface area contributed by atoms with Crippen molar-refractivity contribution in [2.75, 3.05) is 0 Å². The number of aromatic nitrogens is 3. The molecule has 1 fully saturated rings. The first-order chi connectivity index (χ1) is 13.5. The Labute approximate surface area is 172 Å². The molecule has 2 heterocycles. The quantitative estimate of drug-likeness (QED) is 0.438. The lowest BCUT2D eigenvalue weighted by atomic mass is 9.62. The molecule has 158 valence electrons. The third kappa shape index (κ3) is 3.80. The van der Waals surface area contributed by atoms with Crippen LogP contribution in [0.4, 0.5) is 0 Å². The molecule has 1 saturated heterocycles. The largest absolute Gasteiger partial charge is 0.414 e. The van der Waals surface area contributed by atoms with Crippen molar-refractivity contribution in [1.29, 1.82) is 0 Å². The minimum absolute atomic E-state index is 0.0899. The maximum atomic E-state index is 12.8. The highest BCUT2D eigenvalue weighted by atomic mass is 28.3. The third-order valence-electron chi connectivity index (χ3n) is 5.92. The van der Waals surface area contributed by atoms with Crippen molar-refractivity contribution in [3.63, 3.8) is 0 Å². The van der Waals surface area contributed by atoms with E-state index in [0.29, 0.717) is 11.0 Å². The van der Waals surface area contributed by atoms with Crippen LogP contribution in [0.2, 0.25) is 13.1 Å². The molecular weight excluding hydrogens is 388 g/mol. The number of β-lactam (4-membered cyclic amide) rings is 1. The zero-order valence-electron chi connectivity index (χ0n) is 18.1. The molecule has 0 bridgehead atoms. The fraction of sp³-hybridized carbons (Fsp3) is 0.600. The van der Waals surface area contributed by atoms with Crippen LogP contribution in [0.25, 0.3) is 11.0 Å². The Bertz CT molecular complexity index is 923. The molecule has 8 nitrogen and oxygen atoms in total. The average Bonchev–Trinajstić information content (AvgIpc) is 3.00. The van der Waals surface area contributed by atoms with E-state index in [1.54, 1.807) is 19.1 Å². The molecule has 0 radical (unpaired) electrons. The Balaban J connectivity index is 1.81. The van der Waals surface area contributed by atoms with Crippen LogP contribution in [0.15, 0.2) is 24.3 Å². The first kappa shape index (κ1) is 21.4. The van der Waals surface area contributed by atoms with E-state index in [4.69, 9.17) is 9.26 Å². The summed E-state index contributed by atoms with van der Waals surface area (Å²) in [5, 5.41) is 10.8. The second-order valence-corrected chi connectivity index (χ2v) is 11.5. The van der Waals surface area contributed by atoms with Crippen LogP contribution in [0, 0.1) is 17.3 Å². The van der Waals surface area contributed by atoms with Crippen molar-refractivity contribution in [3.8, 4) is 0 Å². The predicted octanol–water partition coefficient (Wildman–Crippen LogP) is 1.94. The van der Waals surface area contributed by atoms with Crippen molar-refractivity contribution in [1.82, 2.24) is 20.5 Å². The molecule has 0 unspecified atom stereocenters. The highest BCUT2D eigenvalue weighted by molar-refractivity contribution is 6.48. The van der Waals surface area contributed by atoms with Crippen LogP contribution in [0.3, 0.4) is 0 Å². The Morgan fingerprint density at radius 1 is 1.24 bits per heavy atom. The Kier molecular flexibility index (Phi) is 5.57. The number of hydrogen-bond acceptors (Lipinski definition) is 6. The van der Waals surface area contributed by atoms with Crippen LogP contribution in [0.1, 0.15) is 34.6 Å². The first-order valence-electron chi connectivity index (χ1n) is 9.96. The van der Waals surface area contributed by atoms with E-state index < -0.39 is 32.4 Å². The molecule has 1 N–H and O–H groups in total. The summed E-state index contributed by atoms with van der Waals surface area (Å²) in [4.78, 5) is 32.0. The third-order valence-corrected chi connectivity index (χ3v) is 6.88. The first-order valence-corrected chi connectivity index (χ1v) is 12.7. The summed E-state index contributed by atoms with van der Waals surface area (Å²) in [6.45, 7) is 14.1. The van der Waals surface area contributed by atoms with Crippen molar-refractivity contribution < 1.29 is 18.9 Å². The van der Waals surface area contributed by atoms with Crippen molar-refractivity contribution in [3.05, 3.63) is 24.3 Å². The number of fused-ring (bicyclic) bond motifs is 1. The van der Waals surface area contributed by atoms with Gasteiger partial charge in [0.05, 0.1) is 23.5 Å². The molecule has 1 aliphatic heterocycles. The van der Waals surface area contributed by atoms with E-state index in [-0.39, 0.29) is 17.4 Å². The summed E-state index contributed by atoms with van der Waals surface area (Å²) in [5.41, 5.74) is 0.278. The predicted molar refractivity (Wildman–Crippen MR) is 112 cm³/mol. The van der Waals surface area contributed by atoms with Crippen LogP contribution >= 0.6 is 0 Å². The summed E-state index contributed by atoms with van der Waals surface area (Å²) < 4.78 is 6.40. The lowest BCUT2D eigenvalue weighted by Gasteiger charge is -2.55. The normalized spacial score (nSPS) is 22.7. The van der Waals surface area contributed by atoms with Crippen molar-refractivity contribution >= 4 is 32.0 Å². The van der Waals surface area contributed by atoms with Gasteiger partial charge in [-0.15, -0.1) is 5.10 Å². The molecule has 29 heavy (non-hydrogen) atoms. The number of nitrogens with zero attached hydrogens (tertiary/aromatic N) is 3. The fourth-order valence-corrected chi connectivity index (χ4v) is 5.33. The van der Waals surface area contributed by atoms with Gasteiger partial charge in [-0.3, -0.25) is 4.79 Å². The second kappa shape index (κ2) is 7.53. The van der Waals surface area contributed by atoms with Crippen LogP contribution < -0.4 is 10.2 Å². The zero-order chi connectivity index (χ0) is 21.6. The van der Waals surface area contributed by atoms with Gasteiger partial charge < -0.3 is 14.6 Å². The van der Waals surface area contributed by atoms with Gasteiger partial charge >= 0.3 is 5.97 Å². The molecule has 0 spiro atoms. The monoisotopic (exact) mass is 418 g/mol. The van der Waals surface area contributed by atoms with Gasteiger partial charge in [-0.25, -0.2) is 4.79 Å². The number of nitrogens with one attached hydrogen (secondary N) is 1. The number of para-hydroxylation sites is 1. The van der Waals surface area contributed by atoms with Gasteiger partial charge in [0, 0.05) is 0 Å². The molecule has 1 aliphatic rings. The summed E-state index contributed by atoms with van der Waals surface area (Å²) in [5.74, 6) is -1.58. The SMILES string of the molecule is C[C@@H](C(=O)On1nnc2ccccc21)[C@H]1NC(=O)[C@@H]1[C@@](C)(O[SiH](C)C)C(C)(C)C. The van der Waals surface area contributed by atoms with Crippen molar-refractivity contribution in [2.45, 2.75) is 59.4 Å². The molecule has 9 heteroatoms. The van der Waals surface area contributed by atoms with Gasteiger partial charge in [-0.1, -0.05) is 37.7 Å². The number of benzene rings is 1. The van der Waals surface area contributed by atoms with Crippen LogP contribution in [-0.2, 0) is 14.0 Å². The Morgan fingerprint density at radius 2 is 1.90 bits per heavy atom. The highest BCUT2D eigenvalue weighted by Gasteiger charge is 2.59. The lowest BCUT2D eigenvalue weighted by molar-refractivity contribution is -0.169. The lowest BCUT2D eigenvalue weighted by Crippen LogP contribution is -2.72. The van der Waals surface area contributed by atoms with Crippen LogP contribution in [-0.4, -0.2) is 47.7 Å². The number of hydrogen-bond donors (Lipinski definition) is 1. The van der Waals surface area contributed by atoms with E-state index in [9.17, 15) is 9.59 Å². The molecule has 2 aromatic rings. The molecular formula is C20H30N4O4Si. The Morgan fingerprint density at radius 3 is 2.48 bits per heavy atom. The molecule has 1 aromatic carbocycles. The summed E-state index contributed by atoms with van der Waals surface area (Å²) in [6.07, 6.45) is 0. The Hall–Kier alpha value is -2.26. The van der Waals surface area contributed by atoms with Gasteiger partial charge in [0.25, 0.3) is 0 Å².